The lowest BCUT2D eigenvalue weighted by Gasteiger charge is -2.19. The highest BCUT2D eigenvalue weighted by Crippen LogP contribution is 2.23. The van der Waals surface area contributed by atoms with E-state index in [-0.39, 0.29) is 12.6 Å². The molecule has 1 saturated heterocycles. The molecule has 114 valence electrons. The fraction of sp³-hybridized carbons (Fsp3) is 0.600. The first-order valence-corrected chi connectivity index (χ1v) is 7.01. The number of hydrogen-bond acceptors (Lipinski definition) is 4. The quantitative estimate of drug-likeness (QED) is 0.885. The number of anilines is 1. The molecule has 1 aliphatic heterocycles. The second kappa shape index (κ2) is 8.89. The van der Waals surface area contributed by atoms with Crippen molar-refractivity contribution in [2.75, 3.05) is 38.3 Å². The van der Waals surface area contributed by atoms with Crippen LogP contribution in [0.2, 0.25) is 0 Å². The largest absolute Gasteiger partial charge is 0.377 e. The Balaban J connectivity index is 0.000000444. The van der Waals surface area contributed by atoms with Crippen molar-refractivity contribution < 1.29 is 9.13 Å². The predicted molar refractivity (Wildman–Crippen MR) is 81.7 cm³/mol. The molecule has 1 aliphatic rings. The highest BCUT2D eigenvalue weighted by molar-refractivity contribution is 5.49. The van der Waals surface area contributed by atoms with E-state index in [0.717, 1.165) is 19.5 Å². The van der Waals surface area contributed by atoms with Crippen LogP contribution in [-0.4, -0.2) is 39.5 Å². The van der Waals surface area contributed by atoms with Crippen molar-refractivity contribution in [2.24, 2.45) is 11.5 Å². The first-order valence-electron chi connectivity index (χ1n) is 7.01. The summed E-state index contributed by atoms with van der Waals surface area (Å²) in [4.78, 5) is 2.34. The van der Waals surface area contributed by atoms with Crippen molar-refractivity contribution in [1.82, 2.24) is 0 Å². The minimum Gasteiger partial charge on any atom is -0.377 e. The maximum absolute atomic E-state index is 10.6. The zero-order valence-electron chi connectivity index (χ0n) is 12.4. The van der Waals surface area contributed by atoms with E-state index in [9.17, 15) is 4.39 Å². The number of benzene rings is 1. The van der Waals surface area contributed by atoms with E-state index in [2.05, 4.69) is 41.8 Å². The SMILES string of the molecule is COC(C)c1ccc(N2CCC(N)C2)cc1.NCCF. The zero-order valence-corrected chi connectivity index (χ0v) is 12.4. The summed E-state index contributed by atoms with van der Waals surface area (Å²) in [6, 6.07) is 8.91. The van der Waals surface area contributed by atoms with Crippen molar-refractivity contribution in [3.63, 3.8) is 0 Å². The molecule has 0 spiro atoms. The molecular weight excluding hydrogens is 257 g/mol. The topological polar surface area (TPSA) is 64.5 Å². The Labute approximate surface area is 120 Å². The van der Waals surface area contributed by atoms with Crippen molar-refractivity contribution in [3.8, 4) is 0 Å². The number of nitrogens with zero attached hydrogens (tertiary/aromatic N) is 1. The Morgan fingerprint density at radius 2 is 2.00 bits per heavy atom. The Kier molecular flexibility index (Phi) is 7.51. The average molecular weight is 283 g/mol. The molecular formula is C15H26FN3O. The fourth-order valence-corrected chi connectivity index (χ4v) is 2.11. The summed E-state index contributed by atoms with van der Waals surface area (Å²) in [7, 11) is 1.73. The van der Waals surface area contributed by atoms with E-state index in [1.165, 1.54) is 11.3 Å². The molecule has 2 atom stereocenters. The zero-order chi connectivity index (χ0) is 15.0. The molecule has 20 heavy (non-hydrogen) atoms. The smallest absolute Gasteiger partial charge is 0.102 e. The van der Waals surface area contributed by atoms with Crippen LogP contribution in [0.1, 0.15) is 25.0 Å². The molecule has 0 radical (unpaired) electrons. The fourth-order valence-electron chi connectivity index (χ4n) is 2.11. The van der Waals surface area contributed by atoms with Crippen molar-refractivity contribution in [1.29, 1.82) is 0 Å². The molecule has 0 saturated carbocycles. The summed E-state index contributed by atoms with van der Waals surface area (Å²) in [6.45, 7) is 3.85. The third-order valence-corrected chi connectivity index (χ3v) is 3.42. The van der Waals surface area contributed by atoms with Crippen molar-refractivity contribution in [3.05, 3.63) is 29.8 Å². The summed E-state index contributed by atoms with van der Waals surface area (Å²) in [6.07, 6.45) is 1.26. The Morgan fingerprint density at radius 1 is 1.40 bits per heavy atom. The van der Waals surface area contributed by atoms with Gasteiger partial charge in [0.1, 0.15) is 6.67 Å². The lowest BCUT2D eigenvalue weighted by molar-refractivity contribution is 0.119. The van der Waals surface area contributed by atoms with Gasteiger partial charge in [0.2, 0.25) is 0 Å². The van der Waals surface area contributed by atoms with Crippen LogP contribution in [0.25, 0.3) is 0 Å². The maximum atomic E-state index is 10.6. The molecule has 0 aromatic heterocycles. The van der Waals surface area contributed by atoms with Crippen LogP contribution in [0.3, 0.4) is 0 Å². The van der Waals surface area contributed by atoms with Crippen molar-refractivity contribution >= 4 is 5.69 Å². The molecule has 1 aromatic rings. The molecule has 1 fully saturated rings. The normalized spacial score (nSPS) is 19.4. The van der Waals surface area contributed by atoms with Gasteiger partial charge in [-0.2, -0.15) is 0 Å². The minimum absolute atomic E-state index is 0.153. The van der Waals surface area contributed by atoms with Gasteiger partial charge in [0.25, 0.3) is 0 Å². The Morgan fingerprint density at radius 3 is 2.40 bits per heavy atom. The van der Waals surface area contributed by atoms with Gasteiger partial charge in [0.15, 0.2) is 0 Å². The monoisotopic (exact) mass is 283 g/mol. The van der Waals surface area contributed by atoms with Gasteiger partial charge >= 0.3 is 0 Å². The first-order chi connectivity index (χ1) is 9.62. The van der Waals surface area contributed by atoms with E-state index < -0.39 is 6.67 Å². The van der Waals surface area contributed by atoms with Gasteiger partial charge in [0, 0.05) is 38.5 Å². The molecule has 1 heterocycles. The molecule has 5 heteroatoms. The van der Waals surface area contributed by atoms with Crippen LogP contribution >= 0.6 is 0 Å². The molecule has 0 bridgehead atoms. The third kappa shape index (κ3) is 5.07. The molecule has 1 aromatic carbocycles. The van der Waals surface area contributed by atoms with Gasteiger partial charge in [-0.1, -0.05) is 12.1 Å². The van der Waals surface area contributed by atoms with Crippen molar-refractivity contribution in [2.45, 2.75) is 25.5 Å². The van der Waals surface area contributed by atoms with Gasteiger partial charge in [-0.15, -0.1) is 0 Å². The second-order valence-corrected chi connectivity index (χ2v) is 4.94. The van der Waals surface area contributed by atoms with E-state index in [1.54, 1.807) is 7.11 Å². The molecule has 2 rings (SSSR count). The van der Waals surface area contributed by atoms with E-state index in [1.807, 2.05) is 0 Å². The second-order valence-electron chi connectivity index (χ2n) is 4.94. The number of ether oxygens (including phenoxy) is 1. The highest BCUT2D eigenvalue weighted by Gasteiger charge is 2.19. The lowest BCUT2D eigenvalue weighted by atomic mass is 10.1. The lowest BCUT2D eigenvalue weighted by Crippen LogP contribution is -2.26. The molecule has 0 amide bonds. The molecule has 4 nitrogen and oxygen atoms in total. The van der Waals surface area contributed by atoms with E-state index >= 15 is 0 Å². The number of halogens is 1. The van der Waals surface area contributed by atoms with E-state index in [4.69, 9.17) is 10.5 Å². The summed E-state index contributed by atoms with van der Waals surface area (Å²) < 4.78 is 15.9. The van der Waals surface area contributed by atoms with Gasteiger partial charge < -0.3 is 21.1 Å². The first kappa shape index (κ1) is 16.9. The van der Waals surface area contributed by atoms with Gasteiger partial charge in [-0.05, 0) is 31.0 Å². The third-order valence-electron chi connectivity index (χ3n) is 3.42. The number of alkyl halides is 1. The van der Waals surface area contributed by atoms with Crippen LogP contribution < -0.4 is 16.4 Å². The number of hydrogen-bond donors (Lipinski definition) is 2. The summed E-state index contributed by atoms with van der Waals surface area (Å²) in [5.74, 6) is 0. The Hall–Kier alpha value is -1.17. The van der Waals surface area contributed by atoms with Gasteiger partial charge in [-0.25, -0.2) is 4.39 Å². The minimum atomic E-state index is -0.403. The number of nitrogens with two attached hydrogens (primary N) is 2. The Bertz CT molecular complexity index is 370. The van der Waals surface area contributed by atoms with Gasteiger partial charge in [-0.3, -0.25) is 0 Å². The molecule has 2 unspecified atom stereocenters. The summed E-state index contributed by atoms with van der Waals surface area (Å²) >= 11 is 0. The van der Waals surface area contributed by atoms with Crippen LogP contribution in [0.5, 0.6) is 0 Å². The standard InChI is InChI=1S/C13H20N2O.C2H6FN/c1-10(16-2)11-3-5-13(6-4-11)15-8-7-12(14)9-15;3-1-2-4/h3-6,10,12H,7-9,14H2,1-2H3;1-2,4H2. The number of rotatable bonds is 4. The van der Waals surface area contributed by atoms with E-state index in [0.29, 0.717) is 6.04 Å². The van der Waals surface area contributed by atoms with Crippen LogP contribution in [0.4, 0.5) is 10.1 Å². The number of methoxy groups -OCH3 is 1. The molecule has 0 aliphatic carbocycles. The summed E-state index contributed by atoms with van der Waals surface area (Å²) in [5, 5.41) is 0. The van der Waals surface area contributed by atoms with Gasteiger partial charge in [0.05, 0.1) is 6.10 Å². The molecule has 4 N–H and O–H groups in total. The van der Waals surface area contributed by atoms with Crippen LogP contribution in [0.15, 0.2) is 24.3 Å². The predicted octanol–water partition coefficient (Wildman–Crippen LogP) is 1.85. The summed E-state index contributed by atoms with van der Waals surface area (Å²) in [5.41, 5.74) is 13.0. The highest BCUT2D eigenvalue weighted by atomic mass is 19.1. The average Bonchev–Trinajstić information content (AvgIpc) is 2.93. The van der Waals surface area contributed by atoms with Crippen LogP contribution in [0, 0.1) is 0 Å². The maximum Gasteiger partial charge on any atom is 0.102 e. The van der Waals surface area contributed by atoms with Crippen LogP contribution in [-0.2, 0) is 4.74 Å².